The Morgan fingerprint density at radius 1 is 1.32 bits per heavy atom. The van der Waals surface area contributed by atoms with Crippen LogP contribution < -0.4 is 15.8 Å². The molecule has 1 aromatic rings. The third kappa shape index (κ3) is 4.22. The standard InChI is InChI=1S/C13H23N5O/c1-3-19-13-17-11(14)16-12(18-13)15-8-10-6-4-5-9(2)7-10/h9-10H,3-8H2,1-2H3,(H3,14,15,16,17,18). The van der Waals surface area contributed by atoms with Crippen LogP contribution in [0.2, 0.25) is 0 Å². The second kappa shape index (κ2) is 6.54. The van der Waals surface area contributed by atoms with E-state index < -0.39 is 0 Å². The van der Waals surface area contributed by atoms with Crippen molar-refractivity contribution in [2.45, 2.75) is 39.5 Å². The van der Waals surface area contributed by atoms with Gasteiger partial charge in [0, 0.05) is 6.54 Å². The van der Waals surface area contributed by atoms with E-state index in [1.165, 1.54) is 25.7 Å². The molecule has 0 radical (unpaired) electrons. The van der Waals surface area contributed by atoms with Crippen molar-refractivity contribution in [2.75, 3.05) is 24.2 Å². The molecule has 0 spiro atoms. The number of nitrogens with two attached hydrogens (primary N) is 1. The molecule has 0 saturated heterocycles. The van der Waals surface area contributed by atoms with Gasteiger partial charge in [-0.1, -0.05) is 19.8 Å². The zero-order chi connectivity index (χ0) is 13.7. The van der Waals surface area contributed by atoms with E-state index in [2.05, 4.69) is 27.2 Å². The summed E-state index contributed by atoms with van der Waals surface area (Å²) < 4.78 is 5.25. The summed E-state index contributed by atoms with van der Waals surface area (Å²) in [5.41, 5.74) is 5.64. The number of nitrogens with zero attached hydrogens (tertiary/aromatic N) is 3. The molecule has 1 heterocycles. The number of nitrogens with one attached hydrogen (secondary N) is 1. The average molecular weight is 265 g/mol. The number of aromatic nitrogens is 3. The Morgan fingerprint density at radius 3 is 2.89 bits per heavy atom. The summed E-state index contributed by atoms with van der Waals surface area (Å²) in [4.78, 5) is 12.2. The zero-order valence-corrected chi connectivity index (χ0v) is 11.7. The summed E-state index contributed by atoms with van der Waals surface area (Å²) >= 11 is 0. The predicted molar refractivity (Wildman–Crippen MR) is 75.0 cm³/mol. The molecule has 0 bridgehead atoms. The maximum absolute atomic E-state index is 5.64. The first kappa shape index (κ1) is 13.8. The Bertz CT molecular complexity index is 412. The van der Waals surface area contributed by atoms with Crippen molar-refractivity contribution < 1.29 is 4.74 Å². The first-order chi connectivity index (χ1) is 9.17. The SMILES string of the molecule is CCOc1nc(N)nc(NCC2CCCC(C)C2)n1. The third-order valence-electron chi connectivity index (χ3n) is 3.50. The molecule has 0 amide bonds. The number of anilines is 2. The van der Waals surface area contributed by atoms with Crippen molar-refractivity contribution in [1.82, 2.24) is 15.0 Å². The Kier molecular flexibility index (Phi) is 4.76. The highest BCUT2D eigenvalue weighted by Crippen LogP contribution is 2.28. The lowest BCUT2D eigenvalue weighted by atomic mass is 9.82. The van der Waals surface area contributed by atoms with Gasteiger partial charge in [0.25, 0.3) is 0 Å². The van der Waals surface area contributed by atoms with Gasteiger partial charge in [0.2, 0.25) is 11.9 Å². The van der Waals surface area contributed by atoms with Crippen molar-refractivity contribution >= 4 is 11.9 Å². The Balaban J connectivity index is 1.91. The Hall–Kier alpha value is -1.59. The van der Waals surface area contributed by atoms with Crippen LogP contribution in [-0.2, 0) is 0 Å². The minimum absolute atomic E-state index is 0.193. The van der Waals surface area contributed by atoms with Crippen LogP contribution in [0, 0.1) is 11.8 Å². The van der Waals surface area contributed by atoms with E-state index in [9.17, 15) is 0 Å². The fraction of sp³-hybridized carbons (Fsp3) is 0.769. The minimum atomic E-state index is 0.193. The molecule has 19 heavy (non-hydrogen) atoms. The van der Waals surface area contributed by atoms with Crippen LogP contribution >= 0.6 is 0 Å². The van der Waals surface area contributed by atoms with Crippen LogP contribution in [0.3, 0.4) is 0 Å². The number of nitrogen functional groups attached to an aromatic ring is 1. The van der Waals surface area contributed by atoms with E-state index in [0.717, 1.165) is 12.5 Å². The lowest BCUT2D eigenvalue weighted by molar-refractivity contribution is 0.292. The van der Waals surface area contributed by atoms with Gasteiger partial charge in [-0.3, -0.25) is 0 Å². The van der Waals surface area contributed by atoms with Crippen molar-refractivity contribution in [3.05, 3.63) is 0 Å². The second-order valence-electron chi connectivity index (χ2n) is 5.25. The monoisotopic (exact) mass is 265 g/mol. The first-order valence-electron chi connectivity index (χ1n) is 7.05. The van der Waals surface area contributed by atoms with Gasteiger partial charge in [0.15, 0.2) is 0 Å². The van der Waals surface area contributed by atoms with Crippen LogP contribution in [0.1, 0.15) is 39.5 Å². The van der Waals surface area contributed by atoms with Crippen LogP contribution in [-0.4, -0.2) is 28.1 Å². The molecule has 0 aliphatic heterocycles. The van der Waals surface area contributed by atoms with Gasteiger partial charge < -0.3 is 15.8 Å². The molecular formula is C13H23N5O. The summed E-state index contributed by atoms with van der Waals surface area (Å²) in [7, 11) is 0. The summed E-state index contributed by atoms with van der Waals surface area (Å²) in [6.07, 6.45) is 5.21. The topological polar surface area (TPSA) is 86.0 Å². The number of hydrogen-bond donors (Lipinski definition) is 2. The smallest absolute Gasteiger partial charge is 0.323 e. The molecule has 1 aliphatic carbocycles. The van der Waals surface area contributed by atoms with Gasteiger partial charge in [0.1, 0.15) is 0 Å². The molecule has 106 valence electrons. The highest BCUT2D eigenvalue weighted by Gasteiger charge is 2.19. The number of rotatable bonds is 5. The van der Waals surface area contributed by atoms with Crippen molar-refractivity contribution in [2.24, 2.45) is 11.8 Å². The van der Waals surface area contributed by atoms with E-state index in [0.29, 0.717) is 18.5 Å². The molecular weight excluding hydrogens is 242 g/mol. The van der Waals surface area contributed by atoms with E-state index in [1.807, 2.05) is 6.92 Å². The molecule has 1 fully saturated rings. The molecule has 6 heteroatoms. The van der Waals surface area contributed by atoms with E-state index in [-0.39, 0.29) is 12.0 Å². The van der Waals surface area contributed by atoms with Crippen LogP contribution in [0.25, 0.3) is 0 Å². The predicted octanol–water partition coefficient (Wildman–Crippen LogP) is 2.09. The minimum Gasteiger partial charge on any atom is -0.464 e. The van der Waals surface area contributed by atoms with E-state index >= 15 is 0 Å². The molecule has 1 aromatic heterocycles. The van der Waals surface area contributed by atoms with Crippen molar-refractivity contribution in [3.8, 4) is 6.01 Å². The summed E-state index contributed by atoms with van der Waals surface area (Å²) in [5, 5.41) is 3.25. The lowest BCUT2D eigenvalue weighted by Crippen LogP contribution is -2.22. The second-order valence-corrected chi connectivity index (χ2v) is 5.25. The average Bonchev–Trinajstić information content (AvgIpc) is 2.36. The van der Waals surface area contributed by atoms with Gasteiger partial charge in [-0.15, -0.1) is 0 Å². The third-order valence-corrected chi connectivity index (χ3v) is 3.50. The van der Waals surface area contributed by atoms with Gasteiger partial charge in [-0.05, 0) is 31.6 Å². The molecule has 1 aliphatic rings. The van der Waals surface area contributed by atoms with Crippen LogP contribution in [0.4, 0.5) is 11.9 Å². The van der Waals surface area contributed by atoms with Gasteiger partial charge >= 0.3 is 6.01 Å². The van der Waals surface area contributed by atoms with Gasteiger partial charge in [0.05, 0.1) is 6.61 Å². The number of ether oxygens (including phenoxy) is 1. The Labute approximate surface area is 114 Å². The van der Waals surface area contributed by atoms with Crippen LogP contribution in [0.15, 0.2) is 0 Å². The van der Waals surface area contributed by atoms with Crippen LogP contribution in [0.5, 0.6) is 6.01 Å². The van der Waals surface area contributed by atoms with Gasteiger partial charge in [-0.2, -0.15) is 15.0 Å². The molecule has 1 saturated carbocycles. The fourth-order valence-corrected chi connectivity index (χ4v) is 2.63. The molecule has 2 rings (SSSR count). The number of hydrogen-bond acceptors (Lipinski definition) is 6. The Morgan fingerprint density at radius 2 is 2.16 bits per heavy atom. The molecule has 0 aromatic carbocycles. The van der Waals surface area contributed by atoms with E-state index in [4.69, 9.17) is 10.5 Å². The summed E-state index contributed by atoms with van der Waals surface area (Å²) in [6, 6.07) is 0.287. The maximum atomic E-state index is 5.64. The summed E-state index contributed by atoms with van der Waals surface area (Å²) in [6.45, 7) is 5.61. The van der Waals surface area contributed by atoms with Gasteiger partial charge in [-0.25, -0.2) is 0 Å². The maximum Gasteiger partial charge on any atom is 0.323 e. The first-order valence-corrected chi connectivity index (χ1v) is 7.05. The van der Waals surface area contributed by atoms with E-state index in [1.54, 1.807) is 0 Å². The lowest BCUT2D eigenvalue weighted by Gasteiger charge is -2.26. The molecule has 6 nitrogen and oxygen atoms in total. The fourth-order valence-electron chi connectivity index (χ4n) is 2.63. The van der Waals surface area contributed by atoms with Crippen molar-refractivity contribution in [3.63, 3.8) is 0 Å². The molecule has 3 N–H and O–H groups in total. The zero-order valence-electron chi connectivity index (χ0n) is 11.7. The highest BCUT2D eigenvalue weighted by molar-refractivity contribution is 5.32. The molecule has 2 atom stereocenters. The quantitative estimate of drug-likeness (QED) is 0.847. The highest BCUT2D eigenvalue weighted by atomic mass is 16.5. The van der Waals surface area contributed by atoms with Crippen molar-refractivity contribution in [1.29, 1.82) is 0 Å². The normalized spacial score (nSPS) is 23.1. The summed E-state index contributed by atoms with van der Waals surface area (Å²) in [5.74, 6) is 2.22. The largest absolute Gasteiger partial charge is 0.464 e. The molecule has 2 unspecified atom stereocenters.